The molecule has 0 spiro atoms. The standard InChI is InChI=1S/C14H24ClN3O/c1-3-4-7-13-17-11(14(15)18-13)9-16-10(2)12-6-5-8-19-12/h10,12,16H,3-9H2,1-2H3,(H,17,18). The molecule has 108 valence electrons. The van der Waals surface area contributed by atoms with Gasteiger partial charge in [-0.05, 0) is 26.2 Å². The molecule has 1 aliphatic heterocycles. The van der Waals surface area contributed by atoms with E-state index in [-0.39, 0.29) is 0 Å². The molecule has 0 radical (unpaired) electrons. The Morgan fingerprint density at radius 2 is 2.42 bits per heavy atom. The Labute approximate surface area is 120 Å². The monoisotopic (exact) mass is 285 g/mol. The molecule has 4 nitrogen and oxygen atoms in total. The highest BCUT2D eigenvalue weighted by Gasteiger charge is 2.22. The van der Waals surface area contributed by atoms with E-state index in [2.05, 4.69) is 29.1 Å². The quantitative estimate of drug-likeness (QED) is 0.809. The lowest BCUT2D eigenvalue weighted by Crippen LogP contribution is -2.36. The molecule has 0 amide bonds. The molecule has 2 heterocycles. The molecule has 2 unspecified atom stereocenters. The van der Waals surface area contributed by atoms with Crippen molar-refractivity contribution in [1.82, 2.24) is 15.3 Å². The molecular weight excluding hydrogens is 262 g/mol. The third-order valence-electron chi connectivity index (χ3n) is 3.67. The molecular formula is C14H24ClN3O. The fourth-order valence-electron chi connectivity index (χ4n) is 2.41. The zero-order chi connectivity index (χ0) is 13.7. The smallest absolute Gasteiger partial charge is 0.151 e. The van der Waals surface area contributed by atoms with E-state index in [1.807, 2.05) is 0 Å². The SMILES string of the molecule is CCCCc1nc(Cl)c(CNC(C)C2CCCO2)[nH]1. The average Bonchev–Trinajstić information content (AvgIpc) is 3.03. The molecule has 1 saturated heterocycles. The predicted octanol–water partition coefficient (Wildman–Crippen LogP) is 3.06. The van der Waals surface area contributed by atoms with Crippen LogP contribution in [0.2, 0.25) is 5.15 Å². The zero-order valence-corrected chi connectivity index (χ0v) is 12.6. The van der Waals surface area contributed by atoms with E-state index in [0.29, 0.717) is 17.3 Å². The maximum atomic E-state index is 6.15. The summed E-state index contributed by atoms with van der Waals surface area (Å²) in [7, 11) is 0. The van der Waals surface area contributed by atoms with Crippen molar-refractivity contribution in [2.24, 2.45) is 0 Å². The minimum Gasteiger partial charge on any atom is -0.377 e. The van der Waals surface area contributed by atoms with Crippen molar-refractivity contribution < 1.29 is 4.74 Å². The van der Waals surface area contributed by atoms with Crippen LogP contribution in [0, 0.1) is 0 Å². The Hall–Kier alpha value is -0.580. The summed E-state index contributed by atoms with van der Waals surface area (Å²) in [6.07, 6.45) is 5.93. The Bertz CT molecular complexity index is 388. The maximum absolute atomic E-state index is 6.15. The highest BCUT2D eigenvalue weighted by Crippen LogP contribution is 2.17. The molecule has 19 heavy (non-hydrogen) atoms. The predicted molar refractivity (Wildman–Crippen MR) is 77.5 cm³/mol. The molecule has 1 aromatic rings. The molecule has 0 bridgehead atoms. The third kappa shape index (κ3) is 4.20. The van der Waals surface area contributed by atoms with E-state index in [9.17, 15) is 0 Å². The third-order valence-corrected chi connectivity index (χ3v) is 3.98. The van der Waals surface area contributed by atoms with Crippen LogP contribution in [0.15, 0.2) is 0 Å². The van der Waals surface area contributed by atoms with Gasteiger partial charge in [0.05, 0.1) is 11.8 Å². The normalized spacial score (nSPS) is 20.9. The lowest BCUT2D eigenvalue weighted by atomic mass is 10.1. The number of H-pyrrole nitrogens is 1. The summed E-state index contributed by atoms with van der Waals surface area (Å²) in [4.78, 5) is 7.68. The number of imidazole rings is 1. The number of ether oxygens (including phenoxy) is 1. The lowest BCUT2D eigenvalue weighted by Gasteiger charge is -2.19. The van der Waals surface area contributed by atoms with Gasteiger partial charge in [-0.1, -0.05) is 24.9 Å². The van der Waals surface area contributed by atoms with Crippen molar-refractivity contribution in [2.75, 3.05) is 6.61 Å². The second kappa shape index (κ2) is 7.27. The number of nitrogens with one attached hydrogen (secondary N) is 2. The number of aryl methyl sites for hydroxylation is 1. The van der Waals surface area contributed by atoms with Gasteiger partial charge in [0, 0.05) is 25.6 Å². The molecule has 0 aromatic carbocycles. The summed E-state index contributed by atoms with van der Waals surface area (Å²) in [6, 6.07) is 0.348. The van der Waals surface area contributed by atoms with Crippen molar-refractivity contribution in [3.05, 3.63) is 16.7 Å². The first-order chi connectivity index (χ1) is 9.20. The second-order valence-electron chi connectivity index (χ2n) is 5.28. The number of nitrogens with zero attached hydrogens (tertiary/aromatic N) is 1. The fourth-order valence-corrected chi connectivity index (χ4v) is 2.63. The second-order valence-corrected chi connectivity index (χ2v) is 5.64. The molecule has 2 rings (SSSR count). The maximum Gasteiger partial charge on any atom is 0.151 e. The largest absolute Gasteiger partial charge is 0.377 e. The van der Waals surface area contributed by atoms with E-state index in [4.69, 9.17) is 16.3 Å². The molecule has 0 aliphatic carbocycles. The van der Waals surface area contributed by atoms with Gasteiger partial charge in [0.25, 0.3) is 0 Å². The topological polar surface area (TPSA) is 49.9 Å². The van der Waals surface area contributed by atoms with Gasteiger partial charge in [0.15, 0.2) is 5.15 Å². The average molecular weight is 286 g/mol. The van der Waals surface area contributed by atoms with Crippen molar-refractivity contribution in [3.8, 4) is 0 Å². The van der Waals surface area contributed by atoms with Crippen molar-refractivity contribution in [2.45, 2.75) is 64.6 Å². The Morgan fingerprint density at radius 1 is 1.58 bits per heavy atom. The van der Waals surface area contributed by atoms with Gasteiger partial charge in [-0.25, -0.2) is 4.98 Å². The molecule has 5 heteroatoms. The summed E-state index contributed by atoms with van der Waals surface area (Å²) in [5, 5.41) is 4.07. The first-order valence-corrected chi connectivity index (χ1v) is 7.66. The van der Waals surface area contributed by atoms with Crippen LogP contribution in [0.1, 0.15) is 51.0 Å². The summed E-state index contributed by atoms with van der Waals surface area (Å²) < 4.78 is 5.67. The van der Waals surface area contributed by atoms with E-state index >= 15 is 0 Å². The van der Waals surface area contributed by atoms with Crippen LogP contribution < -0.4 is 5.32 Å². The summed E-state index contributed by atoms with van der Waals surface area (Å²) >= 11 is 6.15. The van der Waals surface area contributed by atoms with Gasteiger partial charge in [-0.3, -0.25) is 0 Å². The summed E-state index contributed by atoms with van der Waals surface area (Å²) in [5.41, 5.74) is 0.984. The van der Waals surface area contributed by atoms with E-state index < -0.39 is 0 Å². The van der Waals surface area contributed by atoms with Gasteiger partial charge in [0.2, 0.25) is 0 Å². The van der Waals surface area contributed by atoms with Gasteiger partial charge in [0.1, 0.15) is 5.82 Å². The van der Waals surface area contributed by atoms with Crippen molar-refractivity contribution >= 4 is 11.6 Å². The molecule has 2 N–H and O–H groups in total. The van der Waals surface area contributed by atoms with Crippen LogP contribution in [0.25, 0.3) is 0 Å². The van der Waals surface area contributed by atoms with E-state index in [1.165, 1.54) is 12.8 Å². The van der Waals surface area contributed by atoms with Crippen LogP contribution in [0.5, 0.6) is 0 Å². The number of halogens is 1. The molecule has 1 aliphatic rings. The highest BCUT2D eigenvalue weighted by molar-refractivity contribution is 6.30. The van der Waals surface area contributed by atoms with E-state index in [1.54, 1.807) is 0 Å². The number of rotatable bonds is 7. The zero-order valence-electron chi connectivity index (χ0n) is 11.8. The number of aromatic amines is 1. The van der Waals surface area contributed by atoms with Crippen LogP contribution in [-0.4, -0.2) is 28.7 Å². The summed E-state index contributed by atoms with van der Waals surface area (Å²) in [6.45, 7) is 5.95. The van der Waals surface area contributed by atoms with Crippen LogP contribution in [0.3, 0.4) is 0 Å². The number of hydrogen-bond donors (Lipinski definition) is 2. The minimum absolute atomic E-state index is 0.334. The van der Waals surface area contributed by atoms with Crippen molar-refractivity contribution in [1.29, 1.82) is 0 Å². The first kappa shape index (κ1) is 14.8. The van der Waals surface area contributed by atoms with Crippen LogP contribution in [0.4, 0.5) is 0 Å². The van der Waals surface area contributed by atoms with Gasteiger partial charge < -0.3 is 15.0 Å². The van der Waals surface area contributed by atoms with Gasteiger partial charge in [-0.15, -0.1) is 0 Å². The first-order valence-electron chi connectivity index (χ1n) is 7.29. The Morgan fingerprint density at radius 3 is 3.11 bits per heavy atom. The molecule has 1 fully saturated rings. The lowest BCUT2D eigenvalue weighted by molar-refractivity contribution is 0.0831. The number of aromatic nitrogens is 2. The van der Waals surface area contributed by atoms with Crippen LogP contribution >= 0.6 is 11.6 Å². The molecule has 2 atom stereocenters. The minimum atomic E-state index is 0.334. The highest BCUT2D eigenvalue weighted by atomic mass is 35.5. The van der Waals surface area contributed by atoms with E-state index in [0.717, 1.165) is 43.9 Å². The Kier molecular flexibility index (Phi) is 5.67. The van der Waals surface area contributed by atoms with Gasteiger partial charge >= 0.3 is 0 Å². The summed E-state index contributed by atoms with van der Waals surface area (Å²) in [5.74, 6) is 0.994. The fraction of sp³-hybridized carbons (Fsp3) is 0.786. The van der Waals surface area contributed by atoms with Gasteiger partial charge in [-0.2, -0.15) is 0 Å². The number of unbranched alkanes of at least 4 members (excludes halogenated alkanes) is 1. The number of hydrogen-bond acceptors (Lipinski definition) is 3. The molecule has 1 aromatic heterocycles. The van der Waals surface area contributed by atoms with Crippen molar-refractivity contribution in [3.63, 3.8) is 0 Å². The Balaban J connectivity index is 1.82. The molecule has 0 saturated carbocycles. The van der Waals surface area contributed by atoms with Crippen LogP contribution in [-0.2, 0) is 17.7 Å².